The van der Waals surface area contributed by atoms with E-state index in [1.807, 2.05) is 13.1 Å². The molecule has 1 atom stereocenters. The number of anilines is 2. The Morgan fingerprint density at radius 2 is 2.18 bits per heavy atom. The summed E-state index contributed by atoms with van der Waals surface area (Å²) in [5, 5.41) is 0. The van der Waals surface area contributed by atoms with Gasteiger partial charge in [0.2, 0.25) is 0 Å². The molecule has 1 aromatic rings. The van der Waals surface area contributed by atoms with Crippen LogP contribution in [0.4, 0.5) is 20.3 Å². The molecule has 118 valence electrons. The monoisotopic (exact) mass is 308 g/mol. The second-order valence-corrected chi connectivity index (χ2v) is 6.37. The van der Waals surface area contributed by atoms with Gasteiger partial charge in [-0.2, -0.15) is 0 Å². The molecular weight excluding hydrogens is 290 g/mol. The first kappa shape index (κ1) is 13.7. The summed E-state index contributed by atoms with van der Waals surface area (Å²) >= 11 is 0. The SMILES string of the molecule is CN1c2nc(C(=O)N3CCC(F)(F)C3)ccc2N2CCC1C2. The van der Waals surface area contributed by atoms with Crippen molar-refractivity contribution in [3.8, 4) is 0 Å². The standard InChI is InChI=1S/C15H18F2N4O/c1-19-10-4-6-20(8-10)12-3-2-11(18-13(12)19)14(22)21-7-5-15(16,17)9-21/h2-3,10H,4-9H2,1H3. The molecule has 0 aromatic carbocycles. The maximum absolute atomic E-state index is 13.3. The summed E-state index contributed by atoms with van der Waals surface area (Å²) < 4.78 is 26.6. The maximum atomic E-state index is 13.3. The van der Waals surface area contributed by atoms with Gasteiger partial charge in [-0.05, 0) is 18.6 Å². The number of alkyl halides is 2. The second kappa shape index (κ2) is 4.54. The van der Waals surface area contributed by atoms with Crippen molar-refractivity contribution in [3.05, 3.63) is 17.8 Å². The molecule has 4 rings (SSSR count). The largest absolute Gasteiger partial charge is 0.366 e. The molecule has 0 N–H and O–H groups in total. The zero-order chi connectivity index (χ0) is 15.5. The molecule has 2 fully saturated rings. The number of amides is 1. The van der Waals surface area contributed by atoms with Gasteiger partial charge in [0.15, 0.2) is 5.82 Å². The summed E-state index contributed by atoms with van der Waals surface area (Å²) in [5.41, 5.74) is 1.28. The smallest absolute Gasteiger partial charge is 0.272 e. The third kappa shape index (κ3) is 2.02. The lowest BCUT2D eigenvalue weighted by atomic mass is 10.2. The van der Waals surface area contributed by atoms with Crippen LogP contribution in [0.2, 0.25) is 0 Å². The van der Waals surface area contributed by atoms with E-state index in [4.69, 9.17) is 0 Å². The van der Waals surface area contributed by atoms with Gasteiger partial charge in [-0.1, -0.05) is 0 Å². The highest BCUT2D eigenvalue weighted by atomic mass is 19.3. The molecule has 5 nitrogen and oxygen atoms in total. The minimum atomic E-state index is -2.77. The Labute approximate surface area is 127 Å². The van der Waals surface area contributed by atoms with Crippen molar-refractivity contribution in [1.82, 2.24) is 9.88 Å². The van der Waals surface area contributed by atoms with Gasteiger partial charge >= 0.3 is 0 Å². The molecule has 3 aliphatic heterocycles. The van der Waals surface area contributed by atoms with Crippen molar-refractivity contribution < 1.29 is 13.6 Å². The number of aromatic nitrogens is 1. The molecule has 0 radical (unpaired) electrons. The van der Waals surface area contributed by atoms with E-state index in [9.17, 15) is 13.6 Å². The third-order valence-electron chi connectivity index (χ3n) is 4.92. The fraction of sp³-hybridized carbons (Fsp3) is 0.600. The quantitative estimate of drug-likeness (QED) is 0.790. The average Bonchev–Trinajstić information content (AvgIpc) is 3.09. The van der Waals surface area contributed by atoms with Crippen LogP contribution in [-0.2, 0) is 0 Å². The van der Waals surface area contributed by atoms with E-state index in [1.165, 1.54) is 4.90 Å². The molecule has 0 saturated carbocycles. The van der Waals surface area contributed by atoms with E-state index in [1.54, 1.807) is 6.07 Å². The van der Waals surface area contributed by atoms with Crippen LogP contribution in [0.15, 0.2) is 12.1 Å². The summed E-state index contributed by atoms with van der Waals surface area (Å²) in [6.07, 6.45) is 0.813. The van der Waals surface area contributed by atoms with Gasteiger partial charge in [-0.15, -0.1) is 0 Å². The van der Waals surface area contributed by atoms with E-state index >= 15 is 0 Å². The number of fused-ring (bicyclic) bond motifs is 4. The number of carbonyl (C=O) groups is 1. The predicted molar refractivity (Wildman–Crippen MR) is 78.7 cm³/mol. The van der Waals surface area contributed by atoms with Crippen LogP contribution >= 0.6 is 0 Å². The molecule has 1 amide bonds. The Morgan fingerprint density at radius 3 is 2.91 bits per heavy atom. The Kier molecular flexibility index (Phi) is 2.83. The van der Waals surface area contributed by atoms with E-state index in [0.29, 0.717) is 6.04 Å². The van der Waals surface area contributed by atoms with Gasteiger partial charge in [0.05, 0.1) is 12.2 Å². The summed E-state index contributed by atoms with van der Waals surface area (Å²) in [7, 11) is 1.98. The summed E-state index contributed by atoms with van der Waals surface area (Å²) in [5.74, 6) is -2.39. The first-order valence-corrected chi connectivity index (χ1v) is 7.60. The lowest BCUT2D eigenvalue weighted by Gasteiger charge is -2.34. The highest BCUT2D eigenvalue weighted by Crippen LogP contribution is 2.38. The van der Waals surface area contributed by atoms with E-state index in [2.05, 4.69) is 14.8 Å². The fourth-order valence-corrected chi connectivity index (χ4v) is 3.59. The van der Waals surface area contributed by atoms with Crippen LogP contribution < -0.4 is 9.80 Å². The summed E-state index contributed by atoms with van der Waals surface area (Å²) in [6.45, 7) is 1.57. The van der Waals surface area contributed by atoms with Crippen LogP contribution in [-0.4, -0.2) is 61.0 Å². The molecular formula is C15H18F2N4O. The van der Waals surface area contributed by atoms with Crippen molar-refractivity contribution in [2.75, 3.05) is 43.0 Å². The molecule has 4 heterocycles. The van der Waals surface area contributed by atoms with Gasteiger partial charge in [0.1, 0.15) is 5.69 Å². The van der Waals surface area contributed by atoms with Gasteiger partial charge in [-0.25, -0.2) is 13.8 Å². The Morgan fingerprint density at radius 1 is 1.36 bits per heavy atom. The van der Waals surface area contributed by atoms with E-state index in [0.717, 1.165) is 31.0 Å². The van der Waals surface area contributed by atoms with Crippen molar-refractivity contribution >= 4 is 17.4 Å². The fourth-order valence-electron chi connectivity index (χ4n) is 3.59. The van der Waals surface area contributed by atoms with Crippen molar-refractivity contribution in [1.29, 1.82) is 0 Å². The number of pyridine rings is 1. The van der Waals surface area contributed by atoms with Gasteiger partial charge in [0.25, 0.3) is 11.8 Å². The highest BCUT2D eigenvalue weighted by Gasteiger charge is 2.41. The number of carbonyl (C=O) groups excluding carboxylic acids is 1. The molecule has 0 aliphatic carbocycles. The van der Waals surface area contributed by atoms with Crippen LogP contribution in [0.1, 0.15) is 23.3 Å². The maximum Gasteiger partial charge on any atom is 0.272 e. The van der Waals surface area contributed by atoms with Crippen LogP contribution in [0.5, 0.6) is 0 Å². The van der Waals surface area contributed by atoms with Crippen LogP contribution in [0.25, 0.3) is 0 Å². The Balaban J connectivity index is 1.63. The van der Waals surface area contributed by atoms with Gasteiger partial charge in [0, 0.05) is 39.1 Å². The summed E-state index contributed by atoms with van der Waals surface area (Å²) in [4.78, 5) is 22.5. The molecule has 22 heavy (non-hydrogen) atoms. The minimum absolute atomic E-state index is 0.0924. The van der Waals surface area contributed by atoms with Crippen LogP contribution in [0, 0.1) is 0 Å². The number of likely N-dealkylation sites (N-methyl/N-ethyl adjacent to an activating group) is 1. The van der Waals surface area contributed by atoms with Gasteiger partial charge < -0.3 is 14.7 Å². The first-order chi connectivity index (χ1) is 10.4. The lowest BCUT2D eigenvalue weighted by Crippen LogP contribution is -2.40. The molecule has 3 aliphatic rings. The number of nitrogens with zero attached hydrogens (tertiary/aromatic N) is 4. The number of halogens is 2. The zero-order valence-electron chi connectivity index (χ0n) is 12.4. The Hall–Kier alpha value is -1.92. The molecule has 1 aromatic heterocycles. The summed E-state index contributed by atoms with van der Waals surface area (Å²) in [6, 6.07) is 3.97. The second-order valence-electron chi connectivity index (χ2n) is 6.37. The zero-order valence-corrected chi connectivity index (χ0v) is 12.4. The van der Waals surface area contributed by atoms with Crippen molar-refractivity contribution in [2.45, 2.75) is 24.8 Å². The normalized spacial score (nSPS) is 25.6. The first-order valence-electron chi connectivity index (χ1n) is 7.60. The number of hydrogen-bond donors (Lipinski definition) is 0. The van der Waals surface area contributed by atoms with Crippen molar-refractivity contribution in [3.63, 3.8) is 0 Å². The lowest BCUT2D eigenvalue weighted by molar-refractivity contribution is 0.0119. The molecule has 0 spiro atoms. The number of hydrogen-bond acceptors (Lipinski definition) is 4. The minimum Gasteiger partial charge on any atom is -0.366 e. The number of likely N-dealkylation sites (tertiary alicyclic amines) is 1. The van der Waals surface area contributed by atoms with Crippen LogP contribution in [0.3, 0.4) is 0 Å². The predicted octanol–water partition coefficient (Wildman–Crippen LogP) is 1.59. The van der Waals surface area contributed by atoms with Crippen molar-refractivity contribution in [2.24, 2.45) is 0 Å². The molecule has 2 bridgehead atoms. The molecule has 1 unspecified atom stereocenters. The topological polar surface area (TPSA) is 39.7 Å². The van der Waals surface area contributed by atoms with E-state index in [-0.39, 0.29) is 18.7 Å². The average molecular weight is 308 g/mol. The molecule has 7 heteroatoms. The third-order valence-corrected chi connectivity index (χ3v) is 4.92. The highest BCUT2D eigenvalue weighted by molar-refractivity contribution is 5.94. The Bertz CT molecular complexity index is 636. The van der Waals surface area contributed by atoms with Gasteiger partial charge in [-0.3, -0.25) is 4.79 Å². The molecule has 2 saturated heterocycles. The van der Waals surface area contributed by atoms with E-state index < -0.39 is 18.4 Å². The number of rotatable bonds is 1.